The van der Waals surface area contributed by atoms with Gasteiger partial charge >= 0.3 is 0 Å². The highest BCUT2D eigenvalue weighted by molar-refractivity contribution is 5.98. The molecule has 0 saturated heterocycles. The summed E-state index contributed by atoms with van der Waals surface area (Å²) in [5.41, 5.74) is 3.05. The van der Waals surface area contributed by atoms with Gasteiger partial charge in [0, 0.05) is 5.56 Å². The molecular formula is C13H16O. The number of rotatable bonds is 3. The minimum absolute atomic E-state index is 0.129. The van der Waals surface area contributed by atoms with E-state index in [0.717, 1.165) is 17.5 Å². The minimum atomic E-state index is 0.129. The van der Waals surface area contributed by atoms with Gasteiger partial charge in [-0.15, -0.1) is 0 Å². The quantitative estimate of drug-likeness (QED) is 0.661. The van der Waals surface area contributed by atoms with Gasteiger partial charge in [0.2, 0.25) is 0 Å². The van der Waals surface area contributed by atoms with Crippen molar-refractivity contribution in [1.82, 2.24) is 0 Å². The van der Waals surface area contributed by atoms with Crippen LogP contribution in [0.1, 0.15) is 43.1 Å². The molecule has 0 N–H and O–H groups in total. The zero-order chi connectivity index (χ0) is 10.6. The van der Waals surface area contributed by atoms with Crippen molar-refractivity contribution in [3.63, 3.8) is 0 Å². The summed E-state index contributed by atoms with van der Waals surface area (Å²) in [4.78, 5) is 11.3. The Labute approximate surface area is 85.5 Å². The summed E-state index contributed by atoms with van der Waals surface area (Å²) >= 11 is 0. The Morgan fingerprint density at radius 1 is 1.21 bits per heavy atom. The molecule has 1 aromatic rings. The van der Waals surface area contributed by atoms with E-state index in [4.69, 9.17) is 0 Å². The lowest BCUT2D eigenvalue weighted by Crippen LogP contribution is -1.97. The van der Waals surface area contributed by atoms with E-state index in [1.165, 1.54) is 5.57 Å². The molecule has 74 valence electrons. The van der Waals surface area contributed by atoms with E-state index in [-0.39, 0.29) is 5.78 Å². The number of carbonyl (C=O) groups is 1. The second kappa shape index (κ2) is 4.75. The van der Waals surface area contributed by atoms with E-state index in [9.17, 15) is 4.79 Å². The first-order valence-corrected chi connectivity index (χ1v) is 4.94. The molecule has 0 bridgehead atoms. The van der Waals surface area contributed by atoms with E-state index in [0.29, 0.717) is 0 Å². The van der Waals surface area contributed by atoms with Gasteiger partial charge in [0.05, 0.1) is 0 Å². The van der Waals surface area contributed by atoms with E-state index in [2.05, 4.69) is 13.0 Å². The van der Waals surface area contributed by atoms with Crippen LogP contribution >= 0.6 is 0 Å². The zero-order valence-corrected chi connectivity index (χ0v) is 9.00. The van der Waals surface area contributed by atoms with Crippen LogP contribution in [0.5, 0.6) is 0 Å². The maximum atomic E-state index is 11.3. The van der Waals surface area contributed by atoms with E-state index in [1.54, 1.807) is 6.92 Å². The number of Topliss-reactive ketones (excluding diaryl/α,β-unsaturated/α-hetero) is 1. The van der Waals surface area contributed by atoms with Crippen molar-refractivity contribution in [2.75, 3.05) is 0 Å². The summed E-state index contributed by atoms with van der Waals surface area (Å²) in [6.45, 7) is 5.75. The molecule has 1 aromatic carbocycles. The maximum absolute atomic E-state index is 11.3. The van der Waals surface area contributed by atoms with Gasteiger partial charge in [-0.3, -0.25) is 4.79 Å². The lowest BCUT2D eigenvalue weighted by Gasteiger charge is -2.06. The van der Waals surface area contributed by atoms with Crippen LogP contribution < -0.4 is 0 Å². The summed E-state index contributed by atoms with van der Waals surface area (Å²) in [6.07, 6.45) is 3.14. The smallest absolute Gasteiger partial charge is 0.160 e. The van der Waals surface area contributed by atoms with Crippen LogP contribution in [0.25, 0.3) is 5.57 Å². The van der Waals surface area contributed by atoms with Crippen molar-refractivity contribution in [2.24, 2.45) is 0 Å². The van der Waals surface area contributed by atoms with Crippen LogP contribution in [-0.4, -0.2) is 5.78 Å². The summed E-state index contributed by atoms with van der Waals surface area (Å²) in [5.74, 6) is 0.129. The highest BCUT2D eigenvalue weighted by atomic mass is 16.1. The van der Waals surface area contributed by atoms with Crippen LogP contribution in [0, 0.1) is 0 Å². The Morgan fingerprint density at radius 3 is 2.29 bits per heavy atom. The summed E-state index contributed by atoms with van der Waals surface area (Å²) < 4.78 is 0. The van der Waals surface area contributed by atoms with E-state index in [1.807, 2.05) is 31.2 Å². The summed E-state index contributed by atoms with van der Waals surface area (Å²) in [5, 5.41) is 0. The highest BCUT2D eigenvalue weighted by Gasteiger charge is 2.06. The highest BCUT2D eigenvalue weighted by Crippen LogP contribution is 2.19. The summed E-state index contributed by atoms with van der Waals surface area (Å²) in [7, 11) is 0. The fourth-order valence-corrected chi connectivity index (χ4v) is 1.55. The predicted molar refractivity (Wildman–Crippen MR) is 60.4 cm³/mol. The number of benzene rings is 1. The Balaban J connectivity index is 3.20. The maximum Gasteiger partial charge on any atom is 0.160 e. The third-order valence-electron chi connectivity index (χ3n) is 2.24. The van der Waals surface area contributed by atoms with Crippen molar-refractivity contribution in [1.29, 1.82) is 0 Å². The van der Waals surface area contributed by atoms with E-state index < -0.39 is 0 Å². The first-order chi connectivity index (χ1) is 6.66. The van der Waals surface area contributed by atoms with Crippen molar-refractivity contribution in [2.45, 2.75) is 27.2 Å². The molecule has 1 nitrogen and oxygen atoms in total. The van der Waals surface area contributed by atoms with Gasteiger partial charge < -0.3 is 0 Å². The normalized spacial score (nSPS) is 11.5. The van der Waals surface area contributed by atoms with Crippen LogP contribution in [0.15, 0.2) is 30.3 Å². The first kappa shape index (κ1) is 10.7. The molecular weight excluding hydrogens is 172 g/mol. The van der Waals surface area contributed by atoms with Crippen molar-refractivity contribution >= 4 is 11.4 Å². The monoisotopic (exact) mass is 188 g/mol. The van der Waals surface area contributed by atoms with Gasteiger partial charge in [0.25, 0.3) is 0 Å². The second-order valence-corrected chi connectivity index (χ2v) is 3.40. The molecule has 0 aliphatic rings. The Bertz CT molecular complexity index is 361. The number of hydrogen-bond donors (Lipinski definition) is 0. The van der Waals surface area contributed by atoms with Crippen LogP contribution in [0.2, 0.25) is 0 Å². The van der Waals surface area contributed by atoms with Crippen LogP contribution in [-0.2, 0) is 0 Å². The molecule has 1 rings (SSSR count). The van der Waals surface area contributed by atoms with Gasteiger partial charge in [-0.1, -0.05) is 37.3 Å². The Hall–Kier alpha value is -1.37. The average molecular weight is 188 g/mol. The minimum Gasteiger partial charge on any atom is -0.294 e. The molecule has 0 fully saturated rings. The molecule has 14 heavy (non-hydrogen) atoms. The fraction of sp³-hybridized carbons (Fsp3) is 0.308. The zero-order valence-electron chi connectivity index (χ0n) is 9.00. The van der Waals surface area contributed by atoms with E-state index >= 15 is 0 Å². The Morgan fingerprint density at radius 2 is 1.79 bits per heavy atom. The molecule has 0 aromatic heterocycles. The lowest BCUT2D eigenvalue weighted by atomic mass is 9.98. The van der Waals surface area contributed by atoms with Gasteiger partial charge in [-0.05, 0) is 31.4 Å². The predicted octanol–water partition coefficient (Wildman–Crippen LogP) is 3.70. The number of hydrogen-bond acceptors (Lipinski definition) is 1. The molecule has 0 radical (unpaired) electrons. The molecule has 0 saturated carbocycles. The standard InChI is InChI=1S/C13H16O/c1-4-7-10(2)12-8-5-6-9-13(12)11(3)14/h5-9H,4H2,1-3H3/b10-7+. The van der Waals surface area contributed by atoms with Crippen molar-refractivity contribution in [3.05, 3.63) is 41.5 Å². The molecule has 0 atom stereocenters. The molecule has 0 spiro atoms. The van der Waals surface area contributed by atoms with Crippen LogP contribution in [0.4, 0.5) is 0 Å². The first-order valence-electron chi connectivity index (χ1n) is 4.94. The third-order valence-corrected chi connectivity index (χ3v) is 2.24. The largest absolute Gasteiger partial charge is 0.294 e. The average Bonchev–Trinajstić information content (AvgIpc) is 2.18. The molecule has 0 aliphatic carbocycles. The topological polar surface area (TPSA) is 17.1 Å². The van der Waals surface area contributed by atoms with Crippen molar-refractivity contribution < 1.29 is 4.79 Å². The molecule has 0 unspecified atom stereocenters. The number of allylic oxidation sites excluding steroid dienone is 2. The Kier molecular flexibility index (Phi) is 3.63. The summed E-state index contributed by atoms with van der Waals surface area (Å²) in [6, 6.07) is 7.75. The fourth-order valence-electron chi connectivity index (χ4n) is 1.55. The number of carbonyl (C=O) groups excluding carboxylic acids is 1. The molecule has 0 heterocycles. The number of ketones is 1. The molecule has 0 aliphatic heterocycles. The molecule has 0 amide bonds. The second-order valence-electron chi connectivity index (χ2n) is 3.40. The van der Waals surface area contributed by atoms with Crippen molar-refractivity contribution in [3.8, 4) is 0 Å². The van der Waals surface area contributed by atoms with Gasteiger partial charge in [-0.2, -0.15) is 0 Å². The van der Waals surface area contributed by atoms with Gasteiger partial charge in [0.15, 0.2) is 5.78 Å². The lowest BCUT2D eigenvalue weighted by molar-refractivity contribution is 0.101. The SMILES string of the molecule is CC/C=C(\C)c1ccccc1C(C)=O. The molecule has 1 heteroatoms. The van der Waals surface area contributed by atoms with Gasteiger partial charge in [0.1, 0.15) is 0 Å². The van der Waals surface area contributed by atoms with Gasteiger partial charge in [-0.25, -0.2) is 0 Å². The third kappa shape index (κ3) is 2.32. The van der Waals surface area contributed by atoms with Crippen LogP contribution in [0.3, 0.4) is 0 Å².